The molecule has 1 heterocycles. The minimum Gasteiger partial charge on any atom is -0.396 e. The minimum atomic E-state index is 0.104. The highest BCUT2D eigenvalue weighted by atomic mass is 32.1. The number of rotatable bonds is 6. The molecule has 0 aliphatic heterocycles. The Labute approximate surface area is 131 Å². The maximum Gasteiger partial charge on any atom is 0.0982 e. The van der Waals surface area contributed by atoms with E-state index >= 15 is 0 Å². The molecule has 0 aliphatic rings. The number of aliphatic hydroxyl groups excluding tert-OH is 1. The Hall–Kier alpha value is -1.23. The second-order valence-electron chi connectivity index (χ2n) is 6.25. The summed E-state index contributed by atoms with van der Waals surface area (Å²) >= 11 is 1.72. The fourth-order valence-corrected chi connectivity index (χ4v) is 3.07. The number of benzene rings is 1. The summed E-state index contributed by atoms with van der Waals surface area (Å²) in [5.41, 5.74) is 2.38. The molecule has 2 N–H and O–H groups in total. The van der Waals surface area contributed by atoms with E-state index in [9.17, 15) is 5.11 Å². The lowest BCUT2D eigenvalue weighted by molar-refractivity contribution is 0.265. The molecule has 3 nitrogen and oxygen atoms in total. The minimum absolute atomic E-state index is 0.104. The lowest BCUT2D eigenvalue weighted by Crippen LogP contribution is -2.22. The summed E-state index contributed by atoms with van der Waals surface area (Å²) in [5, 5.41) is 16.0. The van der Waals surface area contributed by atoms with E-state index in [4.69, 9.17) is 4.98 Å². The molecular formula is C17H24N2OS. The molecule has 0 spiro atoms. The molecule has 1 aromatic heterocycles. The van der Waals surface area contributed by atoms with Gasteiger partial charge in [0.15, 0.2) is 0 Å². The first-order valence-electron chi connectivity index (χ1n) is 7.35. The van der Waals surface area contributed by atoms with Gasteiger partial charge in [-0.2, -0.15) is 0 Å². The van der Waals surface area contributed by atoms with Crippen LogP contribution in [0.4, 0.5) is 0 Å². The van der Waals surface area contributed by atoms with Crippen LogP contribution in [-0.4, -0.2) is 16.7 Å². The Morgan fingerprint density at radius 1 is 1.24 bits per heavy atom. The highest BCUT2D eigenvalue weighted by Crippen LogP contribution is 2.26. The van der Waals surface area contributed by atoms with E-state index in [-0.39, 0.29) is 18.1 Å². The van der Waals surface area contributed by atoms with Crippen molar-refractivity contribution in [1.82, 2.24) is 10.3 Å². The molecule has 1 aromatic carbocycles. The molecule has 0 saturated heterocycles. The van der Waals surface area contributed by atoms with Gasteiger partial charge in [-0.1, -0.05) is 51.1 Å². The summed E-state index contributed by atoms with van der Waals surface area (Å²) in [4.78, 5) is 4.70. The van der Waals surface area contributed by atoms with Gasteiger partial charge in [-0.3, -0.25) is 0 Å². The van der Waals surface area contributed by atoms with Crippen LogP contribution in [-0.2, 0) is 12.0 Å². The SMILES string of the molecule is CC(C)(C)c1nc(CN[C@H](CCO)c2ccccc2)cs1. The van der Waals surface area contributed by atoms with Crippen molar-refractivity contribution in [2.24, 2.45) is 0 Å². The number of hydrogen-bond donors (Lipinski definition) is 2. The van der Waals surface area contributed by atoms with E-state index in [0.717, 1.165) is 17.2 Å². The van der Waals surface area contributed by atoms with E-state index in [1.807, 2.05) is 18.2 Å². The fourth-order valence-electron chi connectivity index (χ4n) is 2.16. The molecule has 1 atom stereocenters. The highest BCUT2D eigenvalue weighted by Gasteiger charge is 2.18. The predicted octanol–water partition coefficient (Wildman–Crippen LogP) is 3.65. The van der Waals surface area contributed by atoms with E-state index in [2.05, 4.69) is 43.6 Å². The predicted molar refractivity (Wildman–Crippen MR) is 88.5 cm³/mol. The molecule has 0 amide bonds. The fraction of sp³-hybridized carbons (Fsp3) is 0.471. The number of thiazole rings is 1. The Morgan fingerprint density at radius 2 is 1.95 bits per heavy atom. The lowest BCUT2D eigenvalue weighted by atomic mass is 9.98. The maximum atomic E-state index is 9.25. The average Bonchev–Trinajstić information content (AvgIpc) is 2.93. The molecule has 4 heteroatoms. The smallest absolute Gasteiger partial charge is 0.0982 e. The summed E-state index contributed by atoms with van der Waals surface area (Å²) in [6.07, 6.45) is 0.709. The van der Waals surface area contributed by atoms with Gasteiger partial charge < -0.3 is 10.4 Å². The standard InChI is InChI=1S/C17H24N2OS/c1-17(2,3)16-19-14(12-21-16)11-18-15(9-10-20)13-7-5-4-6-8-13/h4-8,12,15,18,20H,9-11H2,1-3H3/t15-/m1/s1. The quantitative estimate of drug-likeness (QED) is 0.856. The first-order valence-corrected chi connectivity index (χ1v) is 8.22. The topological polar surface area (TPSA) is 45.2 Å². The number of aromatic nitrogens is 1. The van der Waals surface area contributed by atoms with Gasteiger partial charge in [0, 0.05) is 30.0 Å². The second kappa shape index (κ2) is 7.16. The Bertz CT molecular complexity index is 545. The van der Waals surface area contributed by atoms with Crippen molar-refractivity contribution in [2.75, 3.05) is 6.61 Å². The molecule has 0 bridgehead atoms. The van der Waals surface area contributed by atoms with Gasteiger partial charge in [0.25, 0.3) is 0 Å². The van der Waals surface area contributed by atoms with Crippen LogP contribution in [0.2, 0.25) is 0 Å². The van der Waals surface area contributed by atoms with Crippen molar-refractivity contribution in [3.8, 4) is 0 Å². The Balaban J connectivity index is 2.01. The molecule has 2 rings (SSSR count). The zero-order chi connectivity index (χ0) is 15.3. The zero-order valence-electron chi connectivity index (χ0n) is 13.0. The van der Waals surface area contributed by atoms with Crippen LogP contribution in [0.1, 0.15) is 49.5 Å². The normalized spacial score (nSPS) is 13.3. The molecule has 0 unspecified atom stereocenters. The van der Waals surface area contributed by atoms with Gasteiger partial charge in [-0.05, 0) is 12.0 Å². The van der Waals surface area contributed by atoms with Crippen molar-refractivity contribution >= 4 is 11.3 Å². The van der Waals surface area contributed by atoms with Gasteiger partial charge in [-0.25, -0.2) is 4.98 Å². The number of nitrogens with one attached hydrogen (secondary N) is 1. The van der Waals surface area contributed by atoms with Gasteiger partial charge >= 0.3 is 0 Å². The summed E-state index contributed by atoms with van der Waals surface area (Å²) < 4.78 is 0. The maximum absolute atomic E-state index is 9.25. The van der Waals surface area contributed by atoms with E-state index in [1.54, 1.807) is 11.3 Å². The third-order valence-electron chi connectivity index (χ3n) is 3.34. The molecule has 114 valence electrons. The highest BCUT2D eigenvalue weighted by molar-refractivity contribution is 7.09. The van der Waals surface area contributed by atoms with Crippen molar-refractivity contribution in [1.29, 1.82) is 0 Å². The zero-order valence-corrected chi connectivity index (χ0v) is 13.8. The van der Waals surface area contributed by atoms with Crippen molar-refractivity contribution < 1.29 is 5.11 Å². The number of nitrogens with zero attached hydrogens (tertiary/aromatic N) is 1. The van der Waals surface area contributed by atoms with E-state index in [1.165, 1.54) is 5.56 Å². The first-order chi connectivity index (χ1) is 10.0. The first kappa shape index (κ1) is 16.1. The van der Waals surface area contributed by atoms with Crippen LogP contribution in [0.5, 0.6) is 0 Å². The lowest BCUT2D eigenvalue weighted by Gasteiger charge is -2.18. The van der Waals surface area contributed by atoms with Crippen LogP contribution >= 0.6 is 11.3 Å². The summed E-state index contributed by atoms with van der Waals surface area (Å²) in [5.74, 6) is 0. The largest absolute Gasteiger partial charge is 0.396 e. The van der Waals surface area contributed by atoms with Crippen LogP contribution < -0.4 is 5.32 Å². The molecule has 0 aliphatic carbocycles. The monoisotopic (exact) mass is 304 g/mol. The van der Waals surface area contributed by atoms with Gasteiger partial charge in [0.05, 0.1) is 10.7 Å². The van der Waals surface area contributed by atoms with Crippen molar-refractivity contribution in [3.05, 3.63) is 52.0 Å². The average molecular weight is 304 g/mol. The van der Waals surface area contributed by atoms with Crippen molar-refractivity contribution in [2.45, 2.75) is 45.2 Å². The van der Waals surface area contributed by atoms with Gasteiger partial charge in [-0.15, -0.1) is 11.3 Å². The molecule has 2 aromatic rings. The summed E-state index contributed by atoms with van der Waals surface area (Å²) in [6, 6.07) is 10.4. The third kappa shape index (κ3) is 4.63. The number of hydrogen-bond acceptors (Lipinski definition) is 4. The number of aliphatic hydroxyl groups is 1. The molecule has 21 heavy (non-hydrogen) atoms. The van der Waals surface area contributed by atoms with Crippen molar-refractivity contribution in [3.63, 3.8) is 0 Å². The molecule has 0 radical (unpaired) electrons. The van der Waals surface area contributed by atoms with Crippen LogP contribution in [0, 0.1) is 0 Å². The Morgan fingerprint density at radius 3 is 2.52 bits per heavy atom. The molecular weight excluding hydrogens is 280 g/mol. The third-order valence-corrected chi connectivity index (χ3v) is 4.66. The van der Waals surface area contributed by atoms with E-state index < -0.39 is 0 Å². The van der Waals surface area contributed by atoms with Crippen LogP contribution in [0.3, 0.4) is 0 Å². The molecule has 0 fully saturated rings. The van der Waals surface area contributed by atoms with Gasteiger partial charge in [0.1, 0.15) is 0 Å². The van der Waals surface area contributed by atoms with Crippen LogP contribution in [0.25, 0.3) is 0 Å². The van der Waals surface area contributed by atoms with E-state index in [0.29, 0.717) is 6.42 Å². The summed E-state index contributed by atoms with van der Waals surface area (Å²) in [7, 11) is 0. The Kier molecular flexibility index (Phi) is 5.51. The van der Waals surface area contributed by atoms with Crippen LogP contribution in [0.15, 0.2) is 35.7 Å². The van der Waals surface area contributed by atoms with Gasteiger partial charge in [0.2, 0.25) is 0 Å². The summed E-state index contributed by atoms with van der Waals surface area (Å²) in [6.45, 7) is 7.45. The second-order valence-corrected chi connectivity index (χ2v) is 7.11. The molecule has 0 saturated carbocycles.